The molecule has 3 fully saturated rings. The van der Waals surface area contributed by atoms with Crippen LogP contribution in [-0.4, -0.2) is 52.5 Å². The quantitative estimate of drug-likeness (QED) is 0.710. The molecule has 0 aromatic carbocycles. The number of carbonyl (C=O) groups excluding carboxylic acids is 2. The van der Waals surface area contributed by atoms with Crippen LogP contribution in [0.5, 0.6) is 0 Å². The number of aliphatic hydroxyl groups excluding tert-OH is 2. The largest absolute Gasteiger partial charge is 0.465 e. The zero-order valence-electron chi connectivity index (χ0n) is 17.9. The highest BCUT2D eigenvalue weighted by atomic mass is 16.5. The predicted octanol–water partition coefficient (Wildman–Crippen LogP) is 2.63. The van der Waals surface area contributed by atoms with E-state index in [9.17, 15) is 19.8 Å². The number of ketones is 1. The molecular formula is C22H36O6. The highest BCUT2D eigenvalue weighted by Crippen LogP contribution is 2.67. The third kappa shape index (κ3) is 3.03. The van der Waals surface area contributed by atoms with Crippen molar-refractivity contribution in [2.75, 3.05) is 13.2 Å². The molecule has 2 N–H and O–H groups in total. The maximum atomic E-state index is 13.1. The Morgan fingerprint density at radius 2 is 1.93 bits per heavy atom. The lowest BCUT2D eigenvalue weighted by molar-refractivity contribution is -0.258. The first-order chi connectivity index (χ1) is 12.9. The number of hydrogen-bond donors (Lipinski definition) is 2. The predicted molar refractivity (Wildman–Crippen MR) is 104 cm³/mol. The molecular weight excluding hydrogens is 360 g/mol. The first-order valence-corrected chi connectivity index (χ1v) is 10.6. The van der Waals surface area contributed by atoms with Crippen molar-refractivity contribution in [1.82, 2.24) is 0 Å². The molecule has 1 heterocycles. The third-order valence-electron chi connectivity index (χ3n) is 8.50. The van der Waals surface area contributed by atoms with Crippen LogP contribution in [0, 0.1) is 22.7 Å². The highest BCUT2D eigenvalue weighted by Gasteiger charge is 2.70. The highest BCUT2D eigenvalue weighted by molar-refractivity contribution is 5.84. The van der Waals surface area contributed by atoms with Crippen LogP contribution in [0.25, 0.3) is 0 Å². The zero-order valence-corrected chi connectivity index (χ0v) is 17.9. The second-order valence-electron chi connectivity index (χ2n) is 10.1. The molecule has 2 aliphatic carbocycles. The number of esters is 1. The Morgan fingerprint density at radius 3 is 2.54 bits per heavy atom. The number of rotatable bonds is 4. The Kier molecular flexibility index (Phi) is 5.48. The topological polar surface area (TPSA) is 93.1 Å². The lowest BCUT2D eigenvalue weighted by Gasteiger charge is -2.64. The number of aliphatic hydroxyl groups is 2. The summed E-state index contributed by atoms with van der Waals surface area (Å²) in [5.41, 5.74) is -2.08. The maximum Gasteiger partial charge on any atom is 0.302 e. The zero-order chi connectivity index (χ0) is 21.0. The van der Waals surface area contributed by atoms with Crippen molar-refractivity contribution in [3.8, 4) is 0 Å². The summed E-state index contributed by atoms with van der Waals surface area (Å²) in [7, 11) is 0. The SMILES string of the molecule is CC(=O)OC[C@@]1(C)[C@H](O)CC[C@@]2(C)[C@H]1CC(=O)[C@@H](C)[C@]21CC[C@@](C)(CCO)O1. The summed E-state index contributed by atoms with van der Waals surface area (Å²) in [5, 5.41) is 20.4. The van der Waals surface area contributed by atoms with E-state index in [0.29, 0.717) is 19.3 Å². The van der Waals surface area contributed by atoms with E-state index in [-0.39, 0.29) is 42.2 Å². The van der Waals surface area contributed by atoms with E-state index < -0.39 is 22.7 Å². The van der Waals surface area contributed by atoms with Gasteiger partial charge >= 0.3 is 5.97 Å². The van der Waals surface area contributed by atoms with Gasteiger partial charge in [0.25, 0.3) is 0 Å². The second-order valence-corrected chi connectivity index (χ2v) is 10.1. The number of Topliss-reactive ketones (excluding diaryl/α,β-unsaturated/α-hetero) is 1. The van der Waals surface area contributed by atoms with Crippen LogP contribution in [0.3, 0.4) is 0 Å². The Hall–Kier alpha value is -0.980. The molecule has 6 nitrogen and oxygen atoms in total. The fourth-order valence-electron chi connectivity index (χ4n) is 6.56. The first-order valence-electron chi connectivity index (χ1n) is 10.6. The van der Waals surface area contributed by atoms with Gasteiger partial charge in [-0.25, -0.2) is 0 Å². The number of fused-ring (bicyclic) bond motifs is 2. The Morgan fingerprint density at radius 1 is 1.25 bits per heavy atom. The average molecular weight is 397 g/mol. The van der Waals surface area contributed by atoms with E-state index in [2.05, 4.69) is 6.92 Å². The maximum absolute atomic E-state index is 13.1. The van der Waals surface area contributed by atoms with Gasteiger partial charge in [0.2, 0.25) is 0 Å². The van der Waals surface area contributed by atoms with E-state index in [4.69, 9.17) is 9.47 Å². The number of hydrogen-bond acceptors (Lipinski definition) is 6. The van der Waals surface area contributed by atoms with Crippen molar-refractivity contribution in [2.45, 2.75) is 90.4 Å². The molecule has 7 atom stereocenters. The van der Waals surface area contributed by atoms with E-state index >= 15 is 0 Å². The van der Waals surface area contributed by atoms with E-state index in [1.54, 1.807) is 0 Å². The summed E-state index contributed by atoms with van der Waals surface area (Å²) in [6, 6.07) is 0. The minimum absolute atomic E-state index is 0.0535. The molecule has 0 unspecified atom stereocenters. The van der Waals surface area contributed by atoms with Crippen molar-refractivity contribution < 1.29 is 29.3 Å². The van der Waals surface area contributed by atoms with Gasteiger partial charge in [-0.15, -0.1) is 0 Å². The molecule has 0 amide bonds. The molecule has 0 aromatic rings. The van der Waals surface area contributed by atoms with Gasteiger partial charge < -0.3 is 19.7 Å². The van der Waals surface area contributed by atoms with Gasteiger partial charge in [0.1, 0.15) is 5.78 Å². The fourth-order valence-corrected chi connectivity index (χ4v) is 6.56. The van der Waals surface area contributed by atoms with Crippen LogP contribution in [0.15, 0.2) is 0 Å². The Bertz CT molecular complexity index is 649. The van der Waals surface area contributed by atoms with Crippen LogP contribution in [0.4, 0.5) is 0 Å². The summed E-state index contributed by atoms with van der Waals surface area (Å²) >= 11 is 0. The van der Waals surface area contributed by atoms with Gasteiger partial charge in [0, 0.05) is 36.7 Å². The lowest BCUT2D eigenvalue weighted by Crippen LogP contribution is -2.68. The normalized spacial score (nSPS) is 48.5. The van der Waals surface area contributed by atoms with Gasteiger partial charge in [-0.05, 0) is 44.9 Å². The molecule has 160 valence electrons. The van der Waals surface area contributed by atoms with Crippen molar-refractivity contribution in [3.63, 3.8) is 0 Å². The monoisotopic (exact) mass is 396 g/mol. The molecule has 6 heteroatoms. The molecule has 28 heavy (non-hydrogen) atoms. The van der Waals surface area contributed by atoms with Crippen molar-refractivity contribution in [1.29, 1.82) is 0 Å². The summed E-state index contributed by atoms with van der Waals surface area (Å²) < 4.78 is 12.1. The first kappa shape index (κ1) is 21.7. The summed E-state index contributed by atoms with van der Waals surface area (Å²) in [4.78, 5) is 24.6. The van der Waals surface area contributed by atoms with Crippen LogP contribution in [0.1, 0.15) is 73.1 Å². The minimum Gasteiger partial charge on any atom is -0.465 e. The molecule has 3 aliphatic rings. The van der Waals surface area contributed by atoms with Gasteiger partial charge in [0.15, 0.2) is 0 Å². The van der Waals surface area contributed by atoms with E-state index in [1.165, 1.54) is 6.92 Å². The van der Waals surface area contributed by atoms with Crippen LogP contribution < -0.4 is 0 Å². The summed E-state index contributed by atoms with van der Waals surface area (Å²) in [5.74, 6) is -0.594. The summed E-state index contributed by atoms with van der Waals surface area (Å²) in [6.07, 6.45) is 3.21. The molecule has 0 bridgehead atoms. The fraction of sp³-hybridized carbons (Fsp3) is 0.909. The van der Waals surface area contributed by atoms with Gasteiger partial charge in [-0.2, -0.15) is 0 Å². The Balaban J connectivity index is 2.04. The molecule has 3 rings (SSSR count). The van der Waals surface area contributed by atoms with Crippen molar-refractivity contribution in [2.24, 2.45) is 22.7 Å². The molecule has 1 saturated heterocycles. The third-order valence-corrected chi connectivity index (χ3v) is 8.50. The molecule has 1 spiro atoms. The van der Waals surface area contributed by atoms with Crippen molar-refractivity contribution >= 4 is 11.8 Å². The van der Waals surface area contributed by atoms with Gasteiger partial charge in [0.05, 0.1) is 23.9 Å². The van der Waals surface area contributed by atoms with Crippen LogP contribution in [-0.2, 0) is 19.1 Å². The van der Waals surface area contributed by atoms with Crippen LogP contribution >= 0.6 is 0 Å². The van der Waals surface area contributed by atoms with Crippen molar-refractivity contribution in [3.05, 3.63) is 0 Å². The molecule has 2 saturated carbocycles. The second kappa shape index (κ2) is 7.06. The smallest absolute Gasteiger partial charge is 0.302 e. The van der Waals surface area contributed by atoms with Crippen LogP contribution in [0.2, 0.25) is 0 Å². The lowest BCUT2D eigenvalue weighted by atomic mass is 9.43. The molecule has 1 aliphatic heterocycles. The summed E-state index contributed by atoms with van der Waals surface area (Å²) in [6.45, 7) is 9.67. The molecule has 0 aromatic heterocycles. The van der Waals surface area contributed by atoms with E-state index in [1.807, 2.05) is 20.8 Å². The van der Waals surface area contributed by atoms with E-state index in [0.717, 1.165) is 19.3 Å². The Labute approximate surface area is 168 Å². The number of carbonyl (C=O) groups is 2. The minimum atomic E-state index is -0.694. The standard InChI is InChI=1S/C22H36O6/c1-14-16(25)12-17-20(4,13-27-15(2)24)18(26)6-7-21(17,5)22(14)9-8-19(3,28-22)10-11-23/h14,17-18,23,26H,6-13H2,1-5H3/t14-,17+,18-,19+,20-,21+,22-/m1/s1. The average Bonchev–Trinajstić information content (AvgIpc) is 2.98. The number of ether oxygens (including phenoxy) is 2. The van der Waals surface area contributed by atoms with Gasteiger partial charge in [-0.3, -0.25) is 9.59 Å². The van der Waals surface area contributed by atoms with Gasteiger partial charge in [-0.1, -0.05) is 20.8 Å². The molecule has 0 radical (unpaired) electrons.